The van der Waals surface area contributed by atoms with Crippen LogP contribution in [-0.4, -0.2) is 29.7 Å². The van der Waals surface area contributed by atoms with Crippen molar-refractivity contribution in [3.8, 4) is 0 Å². The van der Waals surface area contributed by atoms with Crippen LogP contribution in [0.25, 0.3) is 0 Å². The Hall–Kier alpha value is -0.120. The minimum absolute atomic E-state index is 0.0866. The number of ether oxygens (including phenoxy) is 2. The van der Waals surface area contributed by atoms with Gasteiger partial charge in [-0.05, 0) is 42.9 Å². The Balaban J connectivity index is 2.10. The summed E-state index contributed by atoms with van der Waals surface area (Å²) in [5.74, 6) is 2.77. The minimum atomic E-state index is -0.380. The van der Waals surface area contributed by atoms with Gasteiger partial charge in [0.15, 0.2) is 6.29 Å². The first-order valence-electron chi connectivity index (χ1n) is 9.26. The highest BCUT2D eigenvalue weighted by molar-refractivity contribution is 4.91. The lowest BCUT2D eigenvalue weighted by Gasteiger charge is -2.48. The van der Waals surface area contributed by atoms with Crippen molar-refractivity contribution in [1.29, 1.82) is 0 Å². The Morgan fingerprint density at radius 3 is 2.18 bits per heavy atom. The van der Waals surface area contributed by atoms with Crippen LogP contribution < -0.4 is 0 Å². The zero-order chi connectivity index (χ0) is 16.6. The maximum Gasteiger partial charge on any atom is 0.161 e. The van der Waals surface area contributed by atoms with Crippen LogP contribution in [0.3, 0.4) is 0 Å². The van der Waals surface area contributed by atoms with Gasteiger partial charge in [0.05, 0.1) is 18.3 Å². The highest BCUT2D eigenvalue weighted by atomic mass is 16.7. The van der Waals surface area contributed by atoms with E-state index in [0.717, 1.165) is 12.8 Å². The van der Waals surface area contributed by atoms with E-state index in [0.29, 0.717) is 35.5 Å². The van der Waals surface area contributed by atoms with Crippen LogP contribution in [0.5, 0.6) is 0 Å². The van der Waals surface area contributed by atoms with Crippen molar-refractivity contribution in [3.05, 3.63) is 0 Å². The van der Waals surface area contributed by atoms with E-state index in [1.165, 1.54) is 0 Å². The van der Waals surface area contributed by atoms with Gasteiger partial charge in [-0.3, -0.25) is 0 Å². The van der Waals surface area contributed by atoms with Gasteiger partial charge in [-0.25, -0.2) is 0 Å². The molecule has 0 amide bonds. The maximum atomic E-state index is 10.7. The molecule has 1 saturated heterocycles. The molecule has 130 valence electrons. The van der Waals surface area contributed by atoms with Gasteiger partial charge >= 0.3 is 0 Å². The standard InChI is InChI=1S/C19H36O3/c1-8-16-9-10(2)11(3)17(20)18(16)22-19-14(6)12(4)13(5)15(7)21-19/h10-20H,8-9H2,1-7H3/t10?,11?,12-,13+,14?,15?,16-,17?,18+,19-/m0/s1. The van der Waals surface area contributed by atoms with Crippen LogP contribution in [0.15, 0.2) is 0 Å². The average Bonchev–Trinajstić information content (AvgIpc) is 2.50. The van der Waals surface area contributed by atoms with Gasteiger partial charge in [-0.15, -0.1) is 0 Å². The first-order valence-corrected chi connectivity index (χ1v) is 9.26. The van der Waals surface area contributed by atoms with Crippen LogP contribution in [-0.2, 0) is 9.47 Å². The summed E-state index contributed by atoms with van der Waals surface area (Å²) in [6.07, 6.45) is 1.76. The second-order valence-corrected chi connectivity index (χ2v) is 8.12. The normalized spacial score (nSPS) is 53.5. The highest BCUT2D eigenvalue weighted by Crippen LogP contribution is 2.41. The van der Waals surface area contributed by atoms with Gasteiger partial charge in [0, 0.05) is 5.92 Å². The van der Waals surface area contributed by atoms with E-state index >= 15 is 0 Å². The summed E-state index contributed by atoms with van der Waals surface area (Å²) in [6, 6.07) is 0. The second-order valence-electron chi connectivity index (χ2n) is 8.12. The maximum absolute atomic E-state index is 10.7. The summed E-state index contributed by atoms with van der Waals surface area (Å²) >= 11 is 0. The van der Waals surface area contributed by atoms with Gasteiger partial charge in [0.2, 0.25) is 0 Å². The Morgan fingerprint density at radius 2 is 1.59 bits per heavy atom. The first kappa shape index (κ1) is 18.2. The summed E-state index contributed by atoms with van der Waals surface area (Å²) in [7, 11) is 0. The van der Waals surface area contributed by atoms with E-state index in [4.69, 9.17) is 9.47 Å². The van der Waals surface area contributed by atoms with E-state index in [1.54, 1.807) is 0 Å². The molecule has 0 aromatic heterocycles. The Morgan fingerprint density at radius 1 is 0.955 bits per heavy atom. The lowest BCUT2D eigenvalue weighted by Crippen LogP contribution is -2.52. The zero-order valence-electron chi connectivity index (χ0n) is 15.5. The summed E-state index contributed by atoms with van der Waals surface area (Å²) in [6.45, 7) is 15.5. The third kappa shape index (κ3) is 3.37. The fourth-order valence-corrected chi connectivity index (χ4v) is 4.26. The number of rotatable bonds is 3. The molecule has 3 nitrogen and oxygen atoms in total. The minimum Gasteiger partial charge on any atom is -0.390 e. The number of hydrogen-bond acceptors (Lipinski definition) is 3. The molecule has 0 aromatic rings. The third-order valence-electron chi connectivity index (χ3n) is 6.90. The quantitative estimate of drug-likeness (QED) is 0.853. The van der Waals surface area contributed by atoms with Crippen molar-refractivity contribution in [2.75, 3.05) is 0 Å². The van der Waals surface area contributed by atoms with Crippen molar-refractivity contribution < 1.29 is 14.6 Å². The van der Waals surface area contributed by atoms with Gasteiger partial charge in [0.25, 0.3) is 0 Å². The molecule has 2 rings (SSSR count). The van der Waals surface area contributed by atoms with Gasteiger partial charge < -0.3 is 14.6 Å². The number of hydrogen-bond donors (Lipinski definition) is 1. The number of aliphatic hydroxyl groups is 1. The molecule has 5 unspecified atom stereocenters. The van der Waals surface area contributed by atoms with Gasteiger partial charge in [-0.2, -0.15) is 0 Å². The lowest BCUT2D eigenvalue weighted by atomic mass is 9.71. The molecular weight excluding hydrogens is 276 g/mol. The van der Waals surface area contributed by atoms with E-state index in [-0.39, 0.29) is 24.6 Å². The van der Waals surface area contributed by atoms with Crippen molar-refractivity contribution >= 4 is 0 Å². The van der Waals surface area contributed by atoms with Crippen LogP contribution in [0, 0.1) is 35.5 Å². The van der Waals surface area contributed by atoms with Crippen LogP contribution in [0.2, 0.25) is 0 Å². The molecule has 1 N–H and O–H groups in total. The topological polar surface area (TPSA) is 38.7 Å². The molecule has 0 spiro atoms. The van der Waals surface area contributed by atoms with E-state index in [9.17, 15) is 5.11 Å². The van der Waals surface area contributed by atoms with E-state index in [1.807, 2.05) is 0 Å². The molecule has 0 radical (unpaired) electrons. The predicted octanol–water partition coefficient (Wildman–Crippen LogP) is 4.09. The predicted molar refractivity (Wildman–Crippen MR) is 89.4 cm³/mol. The molecule has 3 heteroatoms. The lowest BCUT2D eigenvalue weighted by molar-refractivity contribution is -0.286. The van der Waals surface area contributed by atoms with Crippen LogP contribution >= 0.6 is 0 Å². The number of aliphatic hydroxyl groups excluding tert-OH is 1. The molecule has 1 aliphatic carbocycles. The summed E-state index contributed by atoms with van der Waals surface area (Å²) in [5.41, 5.74) is 0. The summed E-state index contributed by atoms with van der Waals surface area (Å²) in [4.78, 5) is 0. The Kier molecular flexibility index (Phi) is 5.95. The molecule has 10 atom stereocenters. The van der Waals surface area contributed by atoms with Crippen molar-refractivity contribution in [2.45, 2.75) is 85.9 Å². The highest BCUT2D eigenvalue weighted by Gasteiger charge is 2.44. The zero-order valence-corrected chi connectivity index (χ0v) is 15.5. The third-order valence-corrected chi connectivity index (χ3v) is 6.90. The molecule has 1 aliphatic heterocycles. The molecule has 0 bridgehead atoms. The van der Waals surface area contributed by atoms with Crippen LogP contribution in [0.1, 0.15) is 61.3 Å². The van der Waals surface area contributed by atoms with Gasteiger partial charge in [-0.1, -0.05) is 48.0 Å². The van der Waals surface area contributed by atoms with Crippen molar-refractivity contribution in [1.82, 2.24) is 0 Å². The molecule has 2 fully saturated rings. The SMILES string of the molecule is CC[C@H]1CC(C)C(C)C(O)[C@@H]1O[C@@H]1OC(C)[C@H](C)[C@H](C)C1C. The molecule has 22 heavy (non-hydrogen) atoms. The average molecular weight is 312 g/mol. The molecule has 1 heterocycles. The smallest absolute Gasteiger partial charge is 0.161 e. The monoisotopic (exact) mass is 312 g/mol. The molecule has 0 aromatic carbocycles. The second kappa shape index (κ2) is 7.19. The summed E-state index contributed by atoms with van der Waals surface area (Å²) in [5, 5.41) is 10.7. The summed E-state index contributed by atoms with van der Waals surface area (Å²) < 4.78 is 12.5. The van der Waals surface area contributed by atoms with E-state index < -0.39 is 0 Å². The molecule has 2 aliphatic rings. The van der Waals surface area contributed by atoms with Crippen LogP contribution in [0.4, 0.5) is 0 Å². The first-order chi connectivity index (χ1) is 10.3. The van der Waals surface area contributed by atoms with Crippen molar-refractivity contribution in [2.24, 2.45) is 35.5 Å². The molecular formula is C19H36O3. The Labute approximate surface area is 136 Å². The fraction of sp³-hybridized carbons (Fsp3) is 1.00. The van der Waals surface area contributed by atoms with E-state index in [2.05, 4.69) is 48.5 Å². The largest absolute Gasteiger partial charge is 0.390 e. The van der Waals surface area contributed by atoms with Gasteiger partial charge in [0.1, 0.15) is 0 Å². The molecule has 1 saturated carbocycles. The van der Waals surface area contributed by atoms with Crippen molar-refractivity contribution in [3.63, 3.8) is 0 Å². The fourth-order valence-electron chi connectivity index (χ4n) is 4.26. The Bertz CT molecular complexity index is 357.